The molecular formula is C12H16N2O5S. The fraction of sp³-hybridized carbons (Fsp3) is 0.500. The van der Waals surface area contributed by atoms with E-state index in [2.05, 4.69) is 5.32 Å². The summed E-state index contributed by atoms with van der Waals surface area (Å²) in [7, 11) is 0. The lowest BCUT2D eigenvalue weighted by Gasteiger charge is -2.15. The van der Waals surface area contributed by atoms with Crippen molar-refractivity contribution < 1.29 is 19.6 Å². The number of carbonyl (C=O) groups excluding carboxylic acids is 1. The molecule has 7 nitrogen and oxygen atoms in total. The molecule has 1 aromatic rings. The molecule has 0 aliphatic carbocycles. The number of nitro groups is 1. The molecule has 1 atom stereocenters. The molecule has 0 spiro atoms. The molecule has 0 saturated heterocycles. The van der Waals surface area contributed by atoms with Crippen LogP contribution in [-0.2, 0) is 4.79 Å². The third-order valence-corrected chi connectivity index (χ3v) is 3.66. The van der Waals surface area contributed by atoms with Crippen molar-refractivity contribution in [2.75, 3.05) is 0 Å². The first kappa shape index (κ1) is 16.1. The fourth-order valence-electron chi connectivity index (χ4n) is 1.69. The van der Waals surface area contributed by atoms with Gasteiger partial charge in [-0.1, -0.05) is 13.8 Å². The summed E-state index contributed by atoms with van der Waals surface area (Å²) in [5, 5.41) is 22.2. The highest BCUT2D eigenvalue weighted by atomic mass is 32.1. The Balaban J connectivity index is 2.86. The highest BCUT2D eigenvalue weighted by molar-refractivity contribution is 7.14. The molecule has 1 rings (SSSR count). The summed E-state index contributed by atoms with van der Waals surface area (Å²) in [6, 6.07) is 0.174. The third kappa shape index (κ3) is 4.02. The minimum Gasteiger partial charge on any atom is -0.480 e. The number of nitrogens with one attached hydrogen (secondary N) is 1. The van der Waals surface area contributed by atoms with Crippen LogP contribution >= 0.6 is 11.3 Å². The number of hydrogen-bond acceptors (Lipinski definition) is 5. The number of carbonyl (C=O) groups is 2. The summed E-state index contributed by atoms with van der Waals surface area (Å²) in [5.74, 6) is -1.61. The Labute approximate surface area is 119 Å². The first-order chi connectivity index (χ1) is 9.22. The fourth-order valence-corrected chi connectivity index (χ4v) is 2.58. The van der Waals surface area contributed by atoms with Crippen molar-refractivity contribution in [1.82, 2.24) is 5.32 Å². The number of aryl methyl sites for hydroxylation is 1. The lowest BCUT2D eigenvalue weighted by Crippen LogP contribution is -2.41. The molecule has 0 bridgehead atoms. The second kappa shape index (κ2) is 6.47. The van der Waals surface area contributed by atoms with Crippen LogP contribution in [0.25, 0.3) is 0 Å². The topological polar surface area (TPSA) is 110 Å². The van der Waals surface area contributed by atoms with Crippen LogP contribution in [0.2, 0.25) is 0 Å². The Kier molecular flexibility index (Phi) is 5.20. The molecule has 1 heterocycles. The first-order valence-electron chi connectivity index (χ1n) is 6.00. The number of hydrogen-bond donors (Lipinski definition) is 2. The van der Waals surface area contributed by atoms with Gasteiger partial charge in [0.25, 0.3) is 11.6 Å². The Bertz CT molecular complexity index is 538. The van der Waals surface area contributed by atoms with E-state index in [0.29, 0.717) is 11.3 Å². The molecule has 1 aromatic heterocycles. The molecule has 0 aliphatic heterocycles. The highest BCUT2D eigenvalue weighted by Gasteiger charge is 2.25. The summed E-state index contributed by atoms with van der Waals surface area (Å²) < 4.78 is 0. The summed E-state index contributed by atoms with van der Waals surface area (Å²) in [6.45, 7) is 5.24. The smallest absolute Gasteiger partial charge is 0.326 e. The second-order valence-electron chi connectivity index (χ2n) is 4.80. The predicted molar refractivity (Wildman–Crippen MR) is 74.1 cm³/mol. The molecule has 1 amide bonds. The van der Waals surface area contributed by atoms with Crippen LogP contribution in [0.1, 0.15) is 34.8 Å². The van der Waals surface area contributed by atoms with Crippen molar-refractivity contribution in [3.05, 3.63) is 25.9 Å². The molecule has 0 fully saturated rings. The van der Waals surface area contributed by atoms with Crippen molar-refractivity contribution in [2.24, 2.45) is 5.92 Å². The summed E-state index contributed by atoms with van der Waals surface area (Å²) in [4.78, 5) is 33.7. The van der Waals surface area contributed by atoms with E-state index in [1.165, 1.54) is 6.07 Å². The molecule has 0 aliphatic rings. The lowest BCUT2D eigenvalue weighted by molar-refractivity contribution is -0.385. The van der Waals surface area contributed by atoms with Gasteiger partial charge in [-0.15, -0.1) is 11.3 Å². The quantitative estimate of drug-likeness (QED) is 0.618. The van der Waals surface area contributed by atoms with Crippen LogP contribution in [0.5, 0.6) is 0 Å². The Morgan fingerprint density at radius 1 is 1.50 bits per heavy atom. The van der Waals surface area contributed by atoms with E-state index >= 15 is 0 Å². The number of aliphatic carboxylic acids is 1. The predicted octanol–water partition coefficient (Wildman–Crippen LogP) is 2.19. The first-order valence-corrected chi connectivity index (χ1v) is 6.82. The van der Waals surface area contributed by atoms with Gasteiger partial charge in [0.2, 0.25) is 0 Å². The normalized spacial score (nSPS) is 12.2. The third-order valence-electron chi connectivity index (χ3n) is 2.62. The van der Waals surface area contributed by atoms with Crippen molar-refractivity contribution in [3.8, 4) is 0 Å². The van der Waals surface area contributed by atoms with Crippen molar-refractivity contribution in [3.63, 3.8) is 0 Å². The van der Waals surface area contributed by atoms with Gasteiger partial charge in [-0.25, -0.2) is 4.79 Å². The van der Waals surface area contributed by atoms with E-state index in [1.54, 1.807) is 6.92 Å². The maximum Gasteiger partial charge on any atom is 0.326 e. The van der Waals surface area contributed by atoms with Crippen LogP contribution in [0.4, 0.5) is 5.69 Å². The molecule has 0 unspecified atom stereocenters. The maximum atomic E-state index is 11.9. The van der Waals surface area contributed by atoms with Gasteiger partial charge in [0.05, 0.1) is 14.7 Å². The molecule has 2 N–H and O–H groups in total. The molecule has 110 valence electrons. The van der Waals surface area contributed by atoms with E-state index in [9.17, 15) is 19.7 Å². The number of rotatable bonds is 6. The van der Waals surface area contributed by atoms with Crippen LogP contribution in [-0.4, -0.2) is 27.9 Å². The van der Waals surface area contributed by atoms with Crippen molar-refractivity contribution in [1.29, 1.82) is 0 Å². The van der Waals surface area contributed by atoms with Crippen molar-refractivity contribution in [2.45, 2.75) is 33.2 Å². The van der Waals surface area contributed by atoms with Gasteiger partial charge >= 0.3 is 5.97 Å². The summed E-state index contributed by atoms with van der Waals surface area (Å²) in [5.41, 5.74) is -0.129. The zero-order valence-corrected chi connectivity index (χ0v) is 12.2. The number of carboxylic acid groups (broad SMARTS) is 1. The van der Waals surface area contributed by atoms with Crippen LogP contribution < -0.4 is 5.32 Å². The lowest BCUT2D eigenvalue weighted by atomic mass is 10.0. The zero-order chi connectivity index (χ0) is 15.4. The standard InChI is InChI=1S/C12H16N2O5S/c1-6(2)4-8(12(16)17)13-11(15)10-5-9(14(18)19)7(3)20-10/h5-6,8H,4H2,1-3H3,(H,13,15)(H,16,17)/t8-/m0/s1. The average molecular weight is 300 g/mol. The molecular weight excluding hydrogens is 284 g/mol. The Morgan fingerprint density at radius 3 is 2.50 bits per heavy atom. The zero-order valence-electron chi connectivity index (χ0n) is 11.4. The van der Waals surface area contributed by atoms with E-state index in [1.807, 2.05) is 13.8 Å². The van der Waals surface area contributed by atoms with Crippen molar-refractivity contribution >= 4 is 28.9 Å². The number of carboxylic acids is 1. The SMILES string of the molecule is Cc1sc(C(=O)N[C@@H](CC(C)C)C(=O)O)cc1[N+](=O)[O-]. The molecule has 0 radical (unpaired) electrons. The second-order valence-corrected chi connectivity index (χ2v) is 6.06. The van der Waals surface area contributed by atoms with Gasteiger partial charge in [-0.05, 0) is 19.3 Å². The van der Waals surface area contributed by atoms with Gasteiger partial charge in [0.15, 0.2) is 0 Å². The molecule has 8 heteroatoms. The minimum atomic E-state index is -1.12. The van der Waals surface area contributed by atoms with E-state index in [-0.39, 0.29) is 16.5 Å². The monoisotopic (exact) mass is 300 g/mol. The molecule has 0 aromatic carbocycles. The summed E-state index contributed by atoms with van der Waals surface area (Å²) >= 11 is 0.977. The van der Waals surface area contributed by atoms with Gasteiger partial charge < -0.3 is 10.4 Å². The van der Waals surface area contributed by atoms with Crippen LogP contribution in [0.3, 0.4) is 0 Å². The number of amides is 1. The van der Waals surface area contributed by atoms with Gasteiger partial charge in [0, 0.05) is 6.07 Å². The van der Waals surface area contributed by atoms with E-state index < -0.39 is 22.8 Å². The van der Waals surface area contributed by atoms with Crippen LogP contribution in [0, 0.1) is 23.0 Å². The molecule has 0 saturated carbocycles. The number of thiophene rings is 1. The van der Waals surface area contributed by atoms with Gasteiger partial charge in [0.1, 0.15) is 6.04 Å². The molecule has 20 heavy (non-hydrogen) atoms. The largest absolute Gasteiger partial charge is 0.480 e. The van der Waals surface area contributed by atoms with E-state index in [0.717, 1.165) is 11.3 Å². The average Bonchev–Trinajstić information content (AvgIpc) is 2.69. The maximum absolute atomic E-state index is 11.9. The highest BCUT2D eigenvalue weighted by Crippen LogP contribution is 2.28. The summed E-state index contributed by atoms with van der Waals surface area (Å²) in [6.07, 6.45) is 0.299. The van der Waals surface area contributed by atoms with Crippen LogP contribution in [0.15, 0.2) is 6.07 Å². The Morgan fingerprint density at radius 2 is 2.10 bits per heavy atom. The van der Waals surface area contributed by atoms with Gasteiger partial charge in [-0.2, -0.15) is 0 Å². The van der Waals surface area contributed by atoms with E-state index in [4.69, 9.17) is 5.11 Å². The Hall–Kier alpha value is -1.96. The number of nitrogens with zero attached hydrogens (tertiary/aromatic N) is 1. The minimum absolute atomic E-state index is 0.107. The van der Waals surface area contributed by atoms with Gasteiger partial charge in [-0.3, -0.25) is 14.9 Å².